The summed E-state index contributed by atoms with van der Waals surface area (Å²) in [6, 6.07) is 13.4. The number of rotatable bonds is 8. The van der Waals surface area contributed by atoms with Gasteiger partial charge in [-0.2, -0.15) is 0 Å². The molecule has 134 valence electrons. The number of unbranched alkanes of at least 4 members (excludes halogenated alkanes) is 1. The van der Waals surface area contributed by atoms with E-state index < -0.39 is 0 Å². The summed E-state index contributed by atoms with van der Waals surface area (Å²) in [7, 11) is 0. The van der Waals surface area contributed by atoms with Crippen molar-refractivity contribution in [2.75, 3.05) is 6.61 Å². The Labute approximate surface area is 157 Å². The van der Waals surface area contributed by atoms with Crippen molar-refractivity contribution in [2.45, 2.75) is 26.3 Å². The maximum atomic E-state index is 12.3. The van der Waals surface area contributed by atoms with Crippen LogP contribution >= 0.6 is 11.3 Å². The maximum absolute atomic E-state index is 12.3. The van der Waals surface area contributed by atoms with Gasteiger partial charge in [-0.3, -0.25) is 9.78 Å². The summed E-state index contributed by atoms with van der Waals surface area (Å²) in [5.41, 5.74) is 2.67. The zero-order valence-electron chi connectivity index (χ0n) is 14.8. The van der Waals surface area contributed by atoms with Gasteiger partial charge in [0.05, 0.1) is 6.61 Å². The first-order valence-electron chi connectivity index (χ1n) is 8.75. The summed E-state index contributed by atoms with van der Waals surface area (Å²) in [6.07, 6.45) is 5.75. The quantitative estimate of drug-likeness (QED) is 0.576. The Balaban J connectivity index is 1.56. The smallest absolute Gasteiger partial charge is 0.251 e. The fourth-order valence-corrected chi connectivity index (χ4v) is 3.19. The molecule has 26 heavy (non-hydrogen) atoms. The van der Waals surface area contributed by atoms with Gasteiger partial charge in [0.15, 0.2) is 0 Å². The van der Waals surface area contributed by atoms with E-state index in [9.17, 15) is 4.79 Å². The fraction of sp³-hybridized carbons (Fsp3) is 0.238. The molecule has 5 heteroatoms. The van der Waals surface area contributed by atoms with Crippen molar-refractivity contribution in [3.8, 4) is 16.2 Å². The maximum Gasteiger partial charge on any atom is 0.251 e. The summed E-state index contributed by atoms with van der Waals surface area (Å²) in [6.45, 7) is 3.28. The van der Waals surface area contributed by atoms with Crippen molar-refractivity contribution in [3.63, 3.8) is 0 Å². The van der Waals surface area contributed by atoms with E-state index in [2.05, 4.69) is 29.4 Å². The second kappa shape index (κ2) is 9.15. The number of carbonyl (C=O) groups is 1. The van der Waals surface area contributed by atoms with Gasteiger partial charge >= 0.3 is 0 Å². The molecule has 0 aliphatic carbocycles. The summed E-state index contributed by atoms with van der Waals surface area (Å²) < 4.78 is 5.62. The molecule has 0 radical (unpaired) electrons. The van der Waals surface area contributed by atoms with E-state index in [-0.39, 0.29) is 5.91 Å². The second-order valence-corrected chi connectivity index (χ2v) is 6.92. The molecule has 2 aromatic heterocycles. The number of thiophene rings is 1. The van der Waals surface area contributed by atoms with E-state index in [1.165, 1.54) is 4.88 Å². The van der Waals surface area contributed by atoms with Crippen molar-refractivity contribution in [1.82, 2.24) is 10.3 Å². The molecule has 0 saturated carbocycles. The molecule has 1 aromatic carbocycles. The van der Waals surface area contributed by atoms with Crippen LogP contribution in [0.3, 0.4) is 0 Å². The fourth-order valence-electron chi connectivity index (χ4n) is 2.48. The average molecular weight is 366 g/mol. The summed E-state index contributed by atoms with van der Waals surface area (Å²) in [5.74, 6) is 0.689. The molecule has 3 rings (SSSR count). The van der Waals surface area contributed by atoms with Gasteiger partial charge in [-0.1, -0.05) is 19.4 Å². The third-order valence-electron chi connectivity index (χ3n) is 3.94. The topological polar surface area (TPSA) is 51.2 Å². The highest BCUT2D eigenvalue weighted by Gasteiger charge is 2.07. The largest absolute Gasteiger partial charge is 0.494 e. The molecule has 0 spiro atoms. The Hall–Kier alpha value is -2.66. The SMILES string of the molecule is CCCCOc1ccc(C(=O)NCc2cncc(-c3cccs3)c2)cc1. The van der Waals surface area contributed by atoms with Crippen molar-refractivity contribution < 1.29 is 9.53 Å². The average Bonchev–Trinajstić information content (AvgIpc) is 3.22. The van der Waals surface area contributed by atoms with Crippen LogP contribution in [0.2, 0.25) is 0 Å². The van der Waals surface area contributed by atoms with Crippen molar-refractivity contribution in [1.29, 1.82) is 0 Å². The molecule has 0 aliphatic heterocycles. The lowest BCUT2D eigenvalue weighted by Gasteiger charge is -2.08. The highest BCUT2D eigenvalue weighted by Crippen LogP contribution is 2.24. The molecule has 2 heterocycles. The predicted octanol–water partition coefficient (Wildman–Crippen LogP) is 4.92. The lowest BCUT2D eigenvalue weighted by molar-refractivity contribution is 0.0951. The number of benzene rings is 1. The van der Waals surface area contributed by atoms with E-state index >= 15 is 0 Å². The minimum absolute atomic E-state index is 0.105. The molecule has 0 atom stereocenters. The number of nitrogens with zero attached hydrogens (tertiary/aromatic N) is 1. The molecular formula is C21H22N2O2S. The van der Waals surface area contributed by atoms with Crippen molar-refractivity contribution >= 4 is 17.2 Å². The van der Waals surface area contributed by atoms with E-state index in [0.29, 0.717) is 18.7 Å². The van der Waals surface area contributed by atoms with E-state index in [4.69, 9.17) is 4.74 Å². The number of ether oxygens (including phenoxy) is 1. The number of aromatic nitrogens is 1. The summed E-state index contributed by atoms with van der Waals surface area (Å²) in [4.78, 5) is 17.8. The number of hydrogen-bond acceptors (Lipinski definition) is 4. The van der Waals surface area contributed by atoms with Crippen LogP contribution in [0.4, 0.5) is 0 Å². The van der Waals surface area contributed by atoms with Gasteiger partial charge in [0, 0.05) is 34.9 Å². The van der Waals surface area contributed by atoms with Crippen molar-refractivity contribution in [2.24, 2.45) is 0 Å². The van der Waals surface area contributed by atoms with Crippen LogP contribution in [0.1, 0.15) is 35.7 Å². The van der Waals surface area contributed by atoms with Gasteiger partial charge in [-0.15, -0.1) is 11.3 Å². The Morgan fingerprint density at radius 2 is 2.04 bits per heavy atom. The first kappa shape index (κ1) is 18.1. The van der Waals surface area contributed by atoms with Crippen LogP contribution < -0.4 is 10.1 Å². The van der Waals surface area contributed by atoms with Gasteiger partial charge in [-0.05, 0) is 53.8 Å². The number of amides is 1. The standard InChI is InChI=1S/C21H22N2O2S/c1-2-3-10-25-19-8-6-17(7-9-19)21(24)23-14-16-12-18(15-22-13-16)20-5-4-11-26-20/h4-9,11-13,15H,2-3,10,14H2,1H3,(H,23,24). The molecule has 0 aliphatic rings. The van der Waals surface area contributed by atoms with Gasteiger partial charge in [0.1, 0.15) is 5.75 Å². The molecule has 0 fully saturated rings. The molecule has 1 N–H and O–H groups in total. The zero-order chi connectivity index (χ0) is 18.2. The lowest BCUT2D eigenvalue weighted by Crippen LogP contribution is -2.22. The summed E-state index contributed by atoms with van der Waals surface area (Å²) >= 11 is 1.67. The van der Waals surface area contributed by atoms with E-state index in [1.807, 2.05) is 29.8 Å². The molecule has 4 nitrogen and oxygen atoms in total. The highest BCUT2D eigenvalue weighted by atomic mass is 32.1. The number of hydrogen-bond donors (Lipinski definition) is 1. The molecular weight excluding hydrogens is 344 g/mol. The van der Waals surface area contributed by atoms with Crippen LogP contribution in [0.5, 0.6) is 5.75 Å². The first-order chi connectivity index (χ1) is 12.8. The molecule has 3 aromatic rings. The van der Waals surface area contributed by atoms with Crippen LogP contribution in [0.15, 0.2) is 60.2 Å². The monoisotopic (exact) mass is 366 g/mol. The third-order valence-corrected chi connectivity index (χ3v) is 4.86. The van der Waals surface area contributed by atoms with Gasteiger partial charge in [-0.25, -0.2) is 0 Å². The molecule has 0 bridgehead atoms. The van der Waals surface area contributed by atoms with Crippen molar-refractivity contribution in [3.05, 3.63) is 71.4 Å². The molecule has 1 amide bonds. The minimum Gasteiger partial charge on any atom is -0.494 e. The number of pyridine rings is 1. The van der Waals surface area contributed by atoms with Crippen LogP contribution in [-0.4, -0.2) is 17.5 Å². The molecule has 0 saturated heterocycles. The minimum atomic E-state index is -0.105. The van der Waals surface area contributed by atoms with Crippen LogP contribution in [0, 0.1) is 0 Å². The second-order valence-electron chi connectivity index (χ2n) is 5.97. The first-order valence-corrected chi connectivity index (χ1v) is 9.63. The Morgan fingerprint density at radius 3 is 2.77 bits per heavy atom. The van der Waals surface area contributed by atoms with Crippen LogP contribution in [0.25, 0.3) is 10.4 Å². The van der Waals surface area contributed by atoms with E-state index in [0.717, 1.165) is 29.7 Å². The van der Waals surface area contributed by atoms with E-state index in [1.54, 1.807) is 29.7 Å². The third kappa shape index (κ3) is 4.92. The summed E-state index contributed by atoms with van der Waals surface area (Å²) in [5, 5.41) is 4.98. The number of carbonyl (C=O) groups excluding carboxylic acids is 1. The van der Waals surface area contributed by atoms with Crippen LogP contribution in [-0.2, 0) is 6.54 Å². The Kier molecular flexibility index (Phi) is 6.39. The highest BCUT2D eigenvalue weighted by molar-refractivity contribution is 7.13. The Morgan fingerprint density at radius 1 is 1.19 bits per heavy atom. The van der Waals surface area contributed by atoms with Gasteiger partial charge in [0.2, 0.25) is 0 Å². The zero-order valence-corrected chi connectivity index (χ0v) is 15.6. The molecule has 0 unspecified atom stereocenters. The predicted molar refractivity (Wildman–Crippen MR) is 106 cm³/mol. The van der Waals surface area contributed by atoms with Gasteiger partial charge in [0.25, 0.3) is 5.91 Å². The lowest BCUT2D eigenvalue weighted by atomic mass is 10.1. The normalized spacial score (nSPS) is 10.5. The van der Waals surface area contributed by atoms with Gasteiger partial charge < -0.3 is 10.1 Å². The number of nitrogens with one attached hydrogen (secondary N) is 1. The Bertz CT molecular complexity index is 829.